The molecule has 0 saturated carbocycles. The van der Waals surface area contributed by atoms with Gasteiger partial charge in [0.15, 0.2) is 0 Å². The molecule has 1 aromatic carbocycles. The fourth-order valence-electron chi connectivity index (χ4n) is 1.21. The third-order valence-corrected chi connectivity index (χ3v) is 2.51. The van der Waals surface area contributed by atoms with Crippen molar-refractivity contribution in [2.45, 2.75) is 26.7 Å². The highest BCUT2D eigenvalue weighted by molar-refractivity contribution is 6.30. The lowest BCUT2D eigenvalue weighted by molar-refractivity contribution is 0.969. The minimum Gasteiger partial charge on any atom is -0.264 e. The van der Waals surface area contributed by atoms with E-state index in [1.54, 1.807) is 0 Å². The van der Waals surface area contributed by atoms with Gasteiger partial charge in [0.05, 0.1) is 0 Å². The van der Waals surface area contributed by atoms with Gasteiger partial charge in [0, 0.05) is 17.4 Å². The van der Waals surface area contributed by atoms with Crippen LogP contribution in [-0.2, 0) is 0 Å². The van der Waals surface area contributed by atoms with Crippen LogP contribution in [-0.4, -0.2) is 6.21 Å². The lowest BCUT2D eigenvalue weighted by atomic mass is 10.2. The van der Waals surface area contributed by atoms with Crippen LogP contribution in [0.3, 0.4) is 0 Å². The molecule has 0 saturated heterocycles. The van der Waals surface area contributed by atoms with E-state index in [1.807, 2.05) is 36.7 Å². The Labute approximate surface area is 96.5 Å². The molecule has 0 radical (unpaired) electrons. The summed E-state index contributed by atoms with van der Waals surface area (Å²) >= 11 is 5.78. The van der Waals surface area contributed by atoms with Crippen molar-refractivity contribution in [2.75, 3.05) is 0 Å². The lowest BCUT2D eigenvalue weighted by Crippen LogP contribution is -1.80. The minimum absolute atomic E-state index is 0.755. The van der Waals surface area contributed by atoms with Gasteiger partial charge in [-0.25, -0.2) is 0 Å². The molecule has 1 aromatic rings. The zero-order valence-corrected chi connectivity index (χ0v) is 9.96. The molecule has 0 aromatic heterocycles. The predicted molar refractivity (Wildman–Crippen MR) is 67.7 cm³/mol. The van der Waals surface area contributed by atoms with Gasteiger partial charge >= 0.3 is 0 Å². The Kier molecular flexibility index (Phi) is 5.13. The molecule has 0 heterocycles. The highest BCUT2D eigenvalue weighted by atomic mass is 35.5. The van der Waals surface area contributed by atoms with E-state index in [0.717, 1.165) is 23.4 Å². The first-order valence-corrected chi connectivity index (χ1v) is 5.60. The Bertz CT molecular complexity index is 343. The molecule has 0 aliphatic carbocycles. The average molecular weight is 222 g/mol. The van der Waals surface area contributed by atoms with Crippen LogP contribution in [0.25, 0.3) is 0 Å². The van der Waals surface area contributed by atoms with Crippen LogP contribution < -0.4 is 0 Å². The summed E-state index contributed by atoms with van der Waals surface area (Å²) in [5.41, 5.74) is 2.43. The third kappa shape index (κ3) is 4.30. The molecule has 0 aliphatic heterocycles. The minimum atomic E-state index is 0.755. The smallest absolute Gasteiger partial charge is 0.0406 e. The molecule has 80 valence electrons. The summed E-state index contributed by atoms with van der Waals surface area (Å²) in [7, 11) is 0. The van der Waals surface area contributed by atoms with Crippen LogP contribution in [0.5, 0.6) is 0 Å². The van der Waals surface area contributed by atoms with Crippen LogP contribution >= 0.6 is 11.6 Å². The number of aliphatic imine (C=N–C) groups is 1. The average Bonchev–Trinajstić information content (AvgIpc) is 2.27. The van der Waals surface area contributed by atoms with Gasteiger partial charge in [-0.3, -0.25) is 4.99 Å². The van der Waals surface area contributed by atoms with E-state index in [4.69, 9.17) is 11.6 Å². The monoisotopic (exact) mass is 221 g/mol. The van der Waals surface area contributed by atoms with Crippen molar-refractivity contribution < 1.29 is 0 Å². The lowest BCUT2D eigenvalue weighted by Gasteiger charge is -1.95. The SMILES string of the molecule is CCC(=CN=Cc1ccc(Cl)cc1)CC. The van der Waals surface area contributed by atoms with Crippen molar-refractivity contribution in [1.29, 1.82) is 0 Å². The number of rotatable bonds is 4. The molecule has 0 amide bonds. The third-order valence-electron chi connectivity index (χ3n) is 2.26. The van der Waals surface area contributed by atoms with Crippen molar-refractivity contribution in [3.63, 3.8) is 0 Å². The summed E-state index contributed by atoms with van der Waals surface area (Å²) in [5.74, 6) is 0. The number of halogens is 1. The first-order chi connectivity index (χ1) is 7.26. The van der Waals surface area contributed by atoms with Crippen LogP contribution in [0.2, 0.25) is 5.02 Å². The van der Waals surface area contributed by atoms with Gasteiger partial charge in [-0.1, -0.05) is 43.2 Å². The summed E-state index contributed by atoms with van der Waals surface area (Å²) in [4.78, 5) is 4.28. The van der Waals surface area contributed by atoms with E-state index in [0.29, 0.717) is 0 Å². The van der Waals surface area contributed by atoms with Crippen molar-refractivity contribution in [2.24, 2.45) is 4.99 Å². The number of hydrogen-bond acceptors (Lipinski definition) is 1. The Hall–Kier alpha value is -1.08. The number of benzene rings is 1. The molecule has 2 heteroatoms. The highest BCUT2D eigenvalue weighted by Gasteiger charge is 1.89. The van der Waals surface area contributed by atoms with E-state index in [1.165, 1.54) is 5.57 Å². The van der Waals surface area contributed by atoms with E-state index < -0.39 is 0 Å². The summed E-state index contributed by atoms with van der Waals surface area (Å²) in [6.45, 7) is 4.29. The largest absolute Gasteiger partial charge is 0.264 e. The van der Waals surface area contributed by atoms with Crippen LogP contribution in [0.4, 0.5) is 0 Å². The van der Waals surface area contributed by atoms with E-state index in [-0.39, 0.29) is 0 Å². The molecule has 0 aliphatic rings. The summed E-state index contributed by atoms with van der Waals surface area (Å²) in [6.07, 6.45) is 5.92. The van der Waals surface area contributed by atoms with Crippen LogP contribution in [0.15, 0.2) is 41.0 Å². The molecule has 0 spiro atoms. The standard InChI is InChI=1S/C13H16ClN/c1-3-11(4-2)9-15-10-12-5-7-13(14)8-6-12/h5-10H,3-4H2,1-2H3. The maximum absolute atomic E-state index is 5.78. The van der Waals surface area contributed by atoms with Crippen molar-refractivity contribution in [1.82, 2.24) is 0 Å². The zero-order chi connectivity index (χ0) is 11.1. The summed E-state index contributed by atoms with van der Waals surface area (Å²) in [6, 6.07) is 7.65. The molecule has 1 rings (SSSR count). The summed E-state index contributed by atoms with van der Waals surface area (Å²) < 4.78 is 0. The molecule has 0 fully saturated rings. The predicted octanol–water partition coefficient (Wildman–Crippen LogP) is 4.46. The van der Waals surface area contributed by atoms with Gasteiger partial charge in [0.1, 0.15) is 0 Å². The topological polar surface area (TPSA) is 12.4 Å². The van der Waals surface area contributed by atoms with Gasteiger partial charge in [0.25, 0.3) is 0 Å². The zero-order valence-electron chi connectivity index (χ0n) is 9.20. The highest BCUT2D eigenvalue weighted by Crippen LogP contribution is 2.08. The Morgan fingerprint density at radius 1 is 1.20 bits per heavy atom. The Morgan fingerprint density at radius 3 is 2.33 bits per heavy atom. The molecular weight excluding hydrogens is 206 g/mol. The van der Waals surface area contributed by atoms with E-state index in [2.05, 4.69) is 18.8 Å². The second-order valence-corrected chi connectivity index (χ2v) is 3.76. The maximum Gasteiger partial charge on any atom is 0.0406 e. The molecule has 0 N–H and O–H groups in total. The Morgan fingerprint density at radius 2 is 1.80 bits per heavy atom. The molecule has 0 bridgehead atoms. The van der Waals surface area contributed by atoms with Crippen LogP contribution in [0, 0.1) is 0 Å². The van der Waals surface area contributed by atoms with Gasteiger partial charge in [-0.15, -0.1) is 0 Å². The molecule has 15 heavy (non-hydrogen) atoms. The molecule has 0 unspecified atom stereocenters. The first kappa shape index (κ1) is 12.0. The van der Waals surface area contributed by atoms with Gasteiger partial charge in [-0.05, 0) is 30.5 Å². The molecule has 1 nitrogen and oxygen atoms in total. The second-order valence-electron chi connectivity index (χ2n) is 3.32. The van der Waals surface area contributed by atoms with Crippen LogP contribution in [0.1, 0.15) is 32.3 Å². The quantitative estimate of drug-likeness (QED) is 0.666. The normalized spacial score (nSPS) is 10.6. The molecular formula is C13H16ClN. The van der Waals surface area contributed by atoms with Crippen molar-refractivity contribution in [3.8, 4) is 0 Å². The van der Waals surface area contributed by atoms with Gasteiger partial charge in [0.2, 0.25) is 0 Å². The fraction of sp³-hybridized carbons (Fsp3) is 0.308. The number of nitrogens with zero attached hydrogens (tertiary/aromatic N) is 1. The van der Waals surface area contributed by atoms with E-state index in [9.17, 15) is 0 Å². The van der Waals surface area contributed by atoms with E-state index >= 15 is 0 Å². The second kappa shape index (κ2) is 6.41. The van der Waals surface area contributed by atoms with Crippen molar-refractivity contribution in [3.05, 3.63) is 46.6 Å². The number of allylic oxidation sites excluding steroid dienone is 1. The maximum atomic E-state index is 5.78. The van der Waals surface area contributed by atoms with Gasteiger partial charge in [-0.2, -0.15) is 0 Å². The first-order valence-electron chi connectivity index (χ1n) is 5.23. The number of hydrogen-bond donors (Lipinski definition) is 0. The fourth-order valence-corrected chi connectivity index (χ4v) is 1.34. The summed E-state index contributed by atoms with van der Waals surface area (Å²) in [5, 5.41) is 0.755. The van der Waals surface area contributed by atoms with Gasteiger partial charge < -0.3 is 0 Å². The Balaban J connectivity index is 2.65. The molecule has 0 atom stereocenters. The van der Waals surface area contributed by atoms with Crippen molar-refractivity contribution >= 4 is 17.8 Å².